The standard InChI is InChI=1S/C18H19ClN2O5/c1-24-14-8-7-12(19)11-13(14)18(23)21-20-17(22)9-10-26-16-6-4-3-5-15(16)25-2/h3-8,11H,9-10H2,1-2H3,(H,20,22)(H,21,23). The molecule has 0 fully saturated rings. The van der Waals surface area contributed by atoms with Crippen molar-refractivity contribution in [2.75, 3.05) is 20.8 Å². The SMILES string of the molecule is COc1ccccc1OCCC(=O)NNC(=O)c1cc(Cl)ccc1OC. The molecular weight excluding hydrogens is 360 g/mol. The second-order valence-electron chi connectivity index (χ2n) is 5.10. The molecule has 26 heavy (non-hydrogen) atoms. The van der Waals surface area contributed by atoms with E-state index < -0.39 is 11.8 Å². The number of carbonyl (C=O) groups is 2. The van der Waals surface area contributed by atoms with E-state index >= 15 is 0 Å². The van der Waals surface area contributed by atoms with Crippen molar-refractivity contribution >= 4 is 23.4 Å². The first-order valence-corrected chi connectivity index (χ1v) is 8.11. The van der Waals surface area contributed by atoms with Gasteiger partial charge >= 0.3 is 0 Å². The van der Waals surface area contributed by atoms with Crippen molar-refractivity contribution in [3.63, 3.8) is 0 Å². The van der Waals surface area contributed by atoms with Crippen LogP contribution in [0.1, 0.15) is 16.8 Å². The second kappa shape index (κ2) is 9.53. The average Bonchev–Trinajstić information content (AvgIpc) is 2.66. The van der Waals surface area contributed by atoms with E-state index in [0.29, 0.717) is 22.3 Å². The highest BCUT2D eigenvalue weighted by Crippen LogP contribution is 2.25. The summed E-state index contributed by atoms with van der Waals surface area (Å²) < 4.78 is 15.8. The zero-order valence-electron chi connectivity index (χ0n) is 14.4. The molecule has 2 amide bonds. The van der Waals surface area contributed by atoms with Gasteiger partial charge in [-0.25, -0.2) is 0 Å². The molecule has 2 aromatic carbocycles. The van der Waals surface area contributed by atoms with E-state index in [4.69, 9.17) is 25.8 Å². The number of rotatable bonds is 7. The first kappa shape index (κ1) is 19.4. The average molecular weight is 379 g/mol. The number of carbonyl (C=O) groups excluding carboxylic acids is 2. The fourth-order valence-electron chi connectivity index (χ4n) is 2.11. The van der Waals surface area contributed by atoms with Gasteiger partial charge in [0, 0.05) is 5.02 Å². The summed E-state index contributed by atoms with van der Waals surface area (Å²) in [5.74, 6) is 0.517. The Morgan fingerprint density at radius 3 is 2.35 bits per heavy atom. The minimum atomic E-state index is -0.539. The van der Waals surface area contributed by atoms with Gasteiger partial charge in [-0.1, -0.05) is 23.7 Å². The smallest absolute Gasteiger partial charge is 0.273 e. The summed E-state index contributed by atoms with van der Waals surface area (Å²) in [7, 11) is 2.97. The van der Waals surface area contributed by atoms with Gasteiger partial charge in [0.1, 0.15) is 5.75 Å². The molecule has 0 saturated heterocycles. The number of hydrogen-bond acceptors (Lipinski definition) is 5. The van der Waals surface area contributed by atoms with Crippen LogP contribution in [-0.2, 0) is 4.79 Å². The van der Waals surface area contributed by atoms with Crippen LogP contribution in [0.25, 0.3) is 0 Å². The topological polar surface area (TPSA) is 85.9 Å². The predicted octanol–water partition coefficient (Wildman–Crippen LogP) is 2.59. The fraction of sp³-hybridized carbons (Fsp3) is 0.222. The summed E-state index contributed by atoms with van der Waals surface area (Å²) in [5, 5.41) is 0.382. The highest BCUT2D eigenvalue weighted by Gasteiger charge is 2.14. The van der Waals surface area contributed by atoms with Gasteiger partial charge in [-0.3, -0.25) is 20.4 Å². The summed E-state index contributed by atoms with van der Waals surface area (Å²) in [6, 6.07) is 11.7. The normalized spacial score (nSPS) is 9.96. The summed E-state index contributed by atoms with van der Waals surface area (Å²) in [6.45, 7) is 0.128. The van der Waals surface area contributed by atoms with Crippen molar-refractivity contribution in [3.05, 3.63) is 53.1 Å². The first-order valence-electron chi connectivity index (χ1n) is 7.73. The Kier molecular flexibility index (Phi) is 7.11. The van der Waals surface area contributed by atoms with Crippen LogP contribution >= 0.6 is 11.6 Å². The van der Waals surface area contributed by atoms with E-state index in [1.807, 2.05) is 6.07 Å². The Morgan fingerprint density at radius 1 is 0.962 bits per heavy atom. The lowest BCUT2D eigenvalue weighted by molar-refractivity contribution is -0.122. The molecule has 8 heteroatoms. The molecular formula is C18H19ClN2O5. The Bertz CT molecular complexity index is 782. The second-order valence-corrected chi connectivity index (χ2v) is 5.53. The molecule has 138 valence electrons. The Morgan fingerprint density at radius 2 is 1.65 bits per heavy atom. The number of nitrogens with one attached hydrogen (secondary N) is 2. The van der Waals surface area contributed by atoms with Crippen molar-refractivity contribution < 1.29 is 23.8 Å². The maximum Gasteiger partial charge on any atom is 0.273 e. The van der Waals surface area contributed by atoms with Crippen LogP contribution in [0.4, 0.5) is 0 Å². The van der Waals surface area contributed by atoms with Crippen LogP contribution in [-0.4, -0.2) is 32.6 Å². The van der Waals surface area contributed by atoms with E-state index in [2.05, 4.69) is 10.9 Å². The van der Waals surface area contributed by atoms with Gasteiger partial charge < -0.3 is 14.2 Å². The lowest BCUT2D eigenvalue weighted by Crippen LogP contribution is -2.42. The molecule has 0 spiro atoms. The summed E-state index contributed by atoms with van der Waals surface area (Å²) in [6.07, 6.45) is 0.0466. The van der Waals surface area contributed by atoms with Crippen molar-refractivity contribution in [2.45, 2.75) is 6.42 Å². The number of halogens is 1. The van der Waals surface area contributed by atoms with Crippen LogP contribution in [0.2, 0.25) is 5.02 Å². The maximum absolute atomic E-state index is 12.1. The minimum absolute atomic E-state index is 0.0466. The number of para-hydroxylation sites is 2. The molecule has 0 unspecified atom stereocenters. The molecule has 2 rings (SSSR count). The quantitative estimate of drug-likeness (QED) is 0.723. The lowest BCUT2D eigenvalue weighted by Gasteiger charge is -2.12. The molecule has 0 saturated carbocycles. The number of hydrazine groups is 1. The number of amides is 2. The Labute approximate surface area is 156 Å². The highest BCUT2D eigenvalue weighted by molar-refractivity contribution is 6.31. The fourth-order valence-corrected chi connectivity index (χ4v) is 2.28. The summed E-state index contributed by atoms with van der Waals surface area (Å²) in [4.78, 5) is 24.0. The molecule has 0 atom stereocenters. The number of hydrogen-bond donors (Lipinski definition) is 2. The third-order valence-electron chi connectivity index (χ3n) is 3.38. The molecule has 0 radical (unpaired) electrons. The third-order valence-corrected chi connectivity index (χ3v) is 3.61. The summed E-state index contributed by atoms with van der Waals surface area (Å²) >= 11 is 5.88. The van der Waals surface area contributed by atoms with Gasteiger partial charge in [-0.05, 0) is 30.3 Å². The monoisotopic (exact) mass is 378 g/mol. The van der Waals surface area contributed by atoms with Crippen LogP contribution in [0, 0.1) is 0 Å². The van der Waals surface area contributed by atoms with Gasteiger partial charge in [0.05, 0.1) is 32.8 Å². The molecule has 0 aliphatic heterocycles. The van der Waals surface area contributed by atoms with Crippen LogP contribution in [0.15, 0.2) is 42.5 Å². The Balaban J connectivity index is 1.82. The van der Waals surface area contributed by atoms with Gasteiger partial charge in [0.15, 0.2) is 11.5 Å². The molecule has 0 aromatic heterocycles. The first-order chi connectivity index (χ1) is 12.5. The largest absolute Gasteiger partial charge is 0.496 e. The van der Waals surface area contributed by atoms with Gasteiger partial charge in [0.25, 0.3) is 5.91 Å². The minimum Gasteiger partial charge on any atom is -0.496 e. The van der Waals surface area contributed by atoms with Gasteiger partial charge in [0.2, 0.25) is 5.91 Å². The molecule has 0 bridgehead atoms. The van der Waals surface area contributed by atoms with Gasteiger partial charge in [-0.15, -0.1) is 0 Å². The number of ether oxygens (including phenoxy) is 3. The lowest BCUT2D eigenvalue weighted by atomic mass is 10.2. The van der Waals surface area contributed by atoms with Crippen LogP contribution in [0.3, 0.4) is 0 Å². The third kappa shape index (κ3) is 5.29. The van der Waals surface area contributed by atoms with Gasteiger partial charge in [-0.2, -0.15) is 0 Å². The van der Waals surface area contributed by atoms with E-state index in [1.165, 1.54) is 20.3 Å². The van der Waals surface area contributed by atoms with Crippen molar-refractivity contribution in [3.8, 4) is 17.2 Å². The molecule has 0 heterocycles. The molecule has 0 aliphatic rings. The molecule has 0 aliphatic carbocycles. The van der Waals surface area contributed by atoms with E-state index in [9.17, 15) is 9.59 Å². The zero-order chi connectivity index (χ0) is 18.9. The van der Waals surface area contributed by atoms with Crippen molar-refractivity contribution in [1.29, 1.82) is 0 Å². The maximum atomic E-state index is 12.1. The zero-order valence-corrected chi connectivity index (χ0v) is 15.1. The molecule has 2 N–H and O–H groups in total. The number of benzene rings is 2. The molecule has 2 aromatic rings. The molecule has 7 nitrogen and oxygen atoms in total. The predicted molar refractivity (Wildman–Crippen MR) is 96.7 cm³/mol. The highest BCUT2D eigenvalue weighted by atomic mass is 35.5. The van der Waals surface area contributed by atoms with Crippen LogP contribution < -0.4 is 25.1 Å². The van der Waals surface area contributed by atoms with Crippen molar-refractivity contribution in [2.24, 2.45) is 0 Å². The van der Waals surface area contributed by atoms with Crippen LogP contribution in [0.5, 0.6) is 17.2 Å². The van der Waals surface area contributed by atoms with Crippen molar-refractivity contribution in [1.82, 2.24) is 10.9 Å². The van der Waals surface area contributed by atoms with E-state index in [0.717, 1.165) is 0 Å². The van der Waals surface area contributed by atoms with E-state index in [-0.39, 0.29) is 18.6 Å². The number of methoxy groups -OCH3 is 2. The Hall–Kier alpha value is -2.93. The van der Waals surface area contributed by atoms with E-state index in [1.54, 1.807) is 30.3 Å². The summed E-state index contributed by atoms with van der Waals surface area (Å²) in [5.41, 5.74) is 4.85.